The fraction of sp³-hybridized carbons (Fsp3) is 0. The van der Waals surface area contributed by atoms with E-state index in [-0.39, 0.29) is 11.0 Å². The van der Waals surface area contributed by atoms with Crippen LogP contribution in [0.5, 0.6) is 0 Å². The molecule has 7 heteroatoms. The fourth-order valence-electron chi connectivity index (χ4n) is 0. The van der Waals surface area contributed by atoms with Gasteiger partial charge in [-0.15, -0.1) is 0 Å². The molecule has 0 radical (unpaired) electrons. The Bertz CT molecular complexity index is 25.2. The molecule has 0 rings (SSSR count). The first kappa shape index (κ1) is 15.8. The van der Waals surface area contributed by atoms with Crippen LogP contribution < -0.4 is 0 Å². The summed E-state index contributed by atoms with van der Waals surface area (Å²) in [6.07, 6.45) is 0. The van der Waals surface area contributed by atoms with Crippen LogP contribution in [-0.4, -0.2) is 11.0 Å². The summed E-state index contributed by atoms with van der Waals surface area (Å²) in [5.41, 5.74) is 0. The van der Waals surface area contributed by atoms with Crippen LogP contribution in [0.3, 0.4) is 0 Å². The SMILES string of the molecule is O.O.[Cl][Mn]([Cl])([Cl])[Cl]. The molecule has 0 spiro atoms. The van der Waals surface area contributed by atoms with Crippen molar-refractivity contribution in [3.05, 3.63) is 0 Å². The van der Waals surface area contributed by atoms with Crippen molar-refractivity contribution in [3.63, 3.8) is 0 Å². The molecule has 0 aromatic rings. The molecule has 7 heavy (non-hydrogen) atoms. The van der Waals surface area contributed by atoms with Crippen molar-refractivity contribution in [1.82, 2.24) is 0 Å². The second-order valence-corrected chi connectivity index (χ2v) is 12.0. The van der Waals surface area contributed by atoms with Gasteiger partial charge in [0.05, 0.1) is 0 Å². The Morgan fingerprint density at radius 2 is 0.714 bits per heavy atom. The molecule has 0 heterocycles. The van der Waals surface area contributed by atoms with Gasteiger partial charge in [0.15, 0.2) is 0 Å². The van der Waals surface area contributed by atoms with E-state index in [0.29, 0.717) is 0 Å². The summed E-state index contributed by atoms with van der Waals surface area (Å²) in [7, 11) is 17.1. The molecule has 0 aliphatic rings. The van der Waals surface area contributed by atoms with Gasteiger partial charge in [0, 0.05) is 0 Å². The second-order valence-electron chi connectivity index (χ2n) is 0.324. The van der Waals surface area contributed by atoms with Gasteiger partial charge in [-0.3, -0.25) is 0 Å². The molecule has 0 aromatic carbocycles. The molecule has 0 unspecified atom stereocenters. The number of halogens is 4. The van der Waals surface area contributed by atoms with Crippen LogP contribution in [0.25, 0.3) is 0 Å². The molecule has 0 saturated heterocycles. The first-order chi connectivity index (χ1) is 2.00. The topological polar surface area (TPSA) is 63.0 Å². The van der Waals surface area contributed by atoms with Gasteiger partial charge in [0.1, 0.15) is 0 Å². The van der Waals surface area contributed by atoms with Crippen LogP contribution in [-0.2, 0) is 9.20 Å². The molecule has 0 fully saturated rings. The van der Waals surface area contributed by atoms with Crippen molar-refractivity contribution in [3.8, 4) is 0 Å². The predicted molar refractivity (Wildman–Crippen MR) is 30.6 cm³/mol. The van der Waals surface area contributed by atoms with Crippen molar-refractivity contribution in [1.29, 1.82) is 0 Å². The fourth-order valence-corrected chi connectivity index (χ4v) is 0. The molecule has 2 nitrogen and oxygen atoms in total. The monoisotopic (exact) mass is 231 g/mol. The zero-order valence-electron chi connectivity index (χ0n) is 2.89. The molecule has 0 saturated carbocycles. The van der Waals surface area contributed by atoms with Gasteiger partial charge in [0.2, 0.25) is 0 Å². The Morgan fingerprint density at radius 3 is 0.714 bits per heavy atom. The van der Waals surface area contributed by atoms with Gasteiger partial charge < -0.3 is 11.0 Å². The molecule has 0 aliphatic heterocycles. The third-order valence-electron chi connectivity index (χ3n) is 0. The molecule has 0 aromatic heterocycles. The summed E-state index contributed by atoms with van der Waals surface area (Å²) < 4.78 is 0. The average Bonchev–Trinajstić information content (AvgIpc) is 0.722. The quantitative estimate of drug-likeness (QED) is 0.562. The molecule has 0 atom stereocenters. The summed E-state index contributed by atoms with van der Waals surface area (Å²) in [6.45, 7) is 0. The molecular formula is H4Cl4MnO2. The van der Waals surface area contributed by atoms with Gasteiger partial charge in [-0.1, -0.05) is 0 Å². The van der Waals surface area contributed by atoms with Crippen molar-refractivity contribution in [2.24, 2.45) is 0 Å². The average molecular weight is 233 g/mol. The summed E-state index contributed by atoms with van der Waals surface area (Å²) in [5, 5.41) is 0. The van der Waals surface area contributed by atoms with Crippen LogP contribution in [0.15, 0.2) is 0 Å². The second kappa shape index (κ2) is 5.73. The zero-order valence-corrected chi connectivity index (χ0v) is 7.09. The first-order valence-corrected chi connectivity index (χ1v) is 7.07. The molecule has 0 amide bonds. The first-order valence-electron chi connectivity index (χ1n) is 0.571. The summed E-state index contributed by atoms with van der Waals surface area (Å²) in [4.78, 5) is 0. The van der Waals surface area contributed by atoms with Crippen LogP contribution in [0.2, 0.25) is 0 Å². The van der Waals surface area contributed by atoms with E-state index in [1.807, 2.05) is 0 Å². The Labute approximate surface area is 60.4 Å². The molecular weight excluding hydrogens is 229 g/mol. The molecule has 0 bridgehead atoms. The molecule has 0 aliphatic carbocycles. The Morgan fingerprint density at radius 1 is 0.714 bits per heavy atom. The van der Waals surface area contributed by atoms with Crippen molar-refractivity contribution < 1.29 is 20.2 Å². The van der Waals surface area contributed by atoms with Crippen molar-refractivity contribution in [2.45, 2.75) is 0 Å². The van der Waals surface area contributed by atoms with E-state index in [0.717, 1.165) is 0 Å². The van der Waals surface area contributed by atoms with E-state index in [4.69, 9.17) is 40.4 Å². The van der Waals surface area contributed by atoms with Gasteiger partial charge in [0.25, 0.3) is 0 Å². The van der Waals surface area contributed by atoms with E-state index >= 15 is 0 Å². The molecule has 51 valence electrons. The van der Waals surface area contributed by atoms with Crippen LogP contribution in [0, 0.1) is 0 Å². The van der Waals surface area contributed by atoms with Crippen LogP contribution in [0.4, 0.5) is 0 Å². The van der Waals surface area contributed by atoms with Crippen LogP contribution >= 0.6 is 40.4 Å². The van der Waals surface area contributed by atoms with Crippen molar-refractivity contribution >= 4 is 40.4 Å². The Hall–Kier alpha value is 1.60. The predicted octanol–water partition coefficient (Wildman–Crippen LogP) is 1.11. The summed E-state index contributed by atoms with van der Waals surface area (Å²) in [6, 6.07) is 0. The maximum absolute atomic E-state index is 4.97. The number of hydrogen-bond acceptors (Lipinski definition) is 0. The standard InChI is InChI=1S/4ClH.Mn.2H2O/h4*1H;;2*1H2/q;;;;+4;;/p-4. The Kier molecular flexibility index (Phi) is 13.0. The summed E-state index contributed by atoms with van der Waals surface area (Å²) >= 11 is 0. The van der Waals surface area contributed by atoms with E-state index in [1.54, 1.807) is 0 Å². The third kappa shape index (κ3) is 93.1. The number of rotatable bonds is 0. The van der Waals surface area contributed by atoms with E-state index < -0.39 is 9.20 Å². The summed E-state index contributed by atoms with van der Waals surface area (Å²) in [5.74, 6) is 0. The molecule has 4 N–H and O–H groups in total. The van der Waals surface area contributed by atoms with Gasteiger partial charge in [-0.05, 0) is 0 Å². The zero-order chi connectivity index (χ0) is 4.50. The van der Waals surface area contributed by atoms with Gasteiger partial charge in [-0.2, -0.15) is 0 Å². The van der Waals surface area contributed by atoms with E-state index in [9.17, 15) is 0 Å². The van der Waals surface area contributed by atoms with Gasteiger partial charge in [-0.25, -0.2) is 0 Å². The number of hydrogen-bond donors (Lipinski definition) is 0. The maximum atomic E-state index is 4.97. The Balaban J connectivity index is -0.0000000800. The normalized spacial score (nSPS) is 10.9. The third-order valence-corrected chi connectivity index (χ3v) is 0. The van der Waals surface area contributed by atoms with Crippen LogP contribution in [0.1, 0.15) is 0 Å². The van der Waals surface area contributed by atoms with Gasteiger partial charge >= 0.3 is 49.6 Å². The van der Waals surface area contributed by atoms with Crippen molar-refractivity contribution in [2.75, 3.05) is 0 Å². The van der Waals surface area contributed by atoms with E-state index in [1.165, 1.54) is 0 Å². The minimum atomic E-state index is -2.74. The minimum absolute atomic E-state index is 0. The van der Waals surface area contributed by atoms with E-state index in [2.05, 4.69) is 0 Å².